The smallest absolute Gasteiger partial charge is 0.0324 e. The zero-order valence-corrected chi connectivity index (χ0v) is 13.5. The second-order valence-corrected chi connectivity index (χ2v) is 6.71. The topological polar surface area (TPSA) is 29.3 Å². The molecule has 0 aliphatic heterocycles. The van der Waals surface area contributed by atoms with Crippen LogP contribution in [0.15, 0.2) is 46.3 Å². The van der Waals surface area contributed by atoms with Crippen LogP contribution in [0, 0.1) is 0 Å². The van der Waals surface area contributed by atoms with Crippen LogP contribution in [0.3, 0.4) is 0 Å². The van der Waals surface area contributed by atoms with Gasteiger partial charge in [-0.05, 0) is 42.6 Å². The van der Waals surface area contributed by atoms with Crippen molar-refractivity contribution in [2.24, 2.45) is 5.73 Å². The Labute approximate surface area is 127 Å². The molecule has 0 saturated carbocycles. The summed E-state index contributed by atoms with van der Waals surface area (Å²) in [6.45, 7) is 2.01. The highest BCUT2D eigenvalue weighted by molar-refractivity contribution is 9.10. The van der Waals surface area contributed by atoms with Crippen molar-refractivity contribution in [2.75, 3.05) is 13.6 Å². The van der Waals surface area contributed by atoms with Gasteiger partial charge in [-0.1, -0.05) is 34.1 Å². The molecule has 0 spiro atoms. The lowest BCUT2D eigenvalue weighted by Crippen LogP contribution is -2.23. The monoisotopic (exact) mass is 338 g/mol. The molecule has 1 atom stereocenters. The molecule has 2 N–H and O–H groups in total. The van der Waals surface area contributed by atoms with Gasteiger partial charge in [-0.15, -0.1) is 11.3 Å². The Hall–Kier alpha value is -0.680. The zero-order chi connectivity index (χ0) is 13.7. The van der Waals surface area contributed by atoms with Crippen LogP contribution in [-0.2, 0) is 6.54 Å². The molecule has 1 aromatic heterocycles. The standard InChI is InChI=1S/C15H19BrN2S/c1-18(11-14-3-2-10-19-14)9-8-15(17)12-4-6-13(16)7-5-12/h2-7,10,15H,8-9,11,17H2,1H3. The lowest BCUT2D eigenvalue weighted by atomic mass is 10.0. The third-order valence-corrected chi connectivity index (χ3v) is 4.52. The summed E-state index contributed by atoms with van der Waals surface area (Å²) in [6.07, 6.45) is 0.976. The van der Waals surface area contributed by atoms with Crippen LogP contribution >= 0.6 is 27.3 Å². The van der Waals surface area contributed by atoms with E-state index in [4.69, 9.17) is 5.73 Å². The van der Waals surface area contributed by atoms with Crippen molar-refractivity contribution in [3.63, 3.8) is 0 Å². The highest BCUT2D eigenvalue weighted by Gasteiger charge is 2.08. The van der Waals surface area contributed by atoms with Gasteiger partial charge in [0.2, 0.25) is 0 Å². The summed E-state index contributed by atoms with van der Waals surface area (Å²) in [7, 11) is 2.15. The maximum Gasteiger partial charge on any atom is 0.0324 e. The van der Waals surface area contributed by atoms with Gasteiger partial charge in [0, 0.05) is 28.5 Å². The van der Waals surface area contributed by atoms with E-state index in [0.717, 1.165) is 24.0 Å². The van der Waals surface area contributed by atoms with E-state index in [1.807, 2.05) is 12.1 Å². The molecule has 19 heavy (non-hydrogen) atoms. The molecule has 0 aliphatic carbocycles. The summed E-state index contributed by atoms with van der Waals surface area (Å²) in [4.78, 5) is 3.73. The lowest BCUT2D eigenvalue weighted by molar-refractivity contribution is 0.314. The first kappa shape index (κ1) is 14.7. The molecule has 2 nitrogen and oxygen atoms in total. The molecule has 0 fully saturated rings. The van der Waals surface area contributed by atoms with Crippen molar-refractivity contribution in [3.05, 3.63) is 56.7 Å². The van der Waals surface area contributed by atoms with Crippen molar-refractivity contribution in [3.8, 4) is 0 Å². The predicted molar refractivity (Wildman–Crippen MR) is 86.3 cm³/mol. The number of nitrogens with zero attached hydrogens (tertiary/aromatic N) is 1. The van der Waals surface area contributed by atoms with Crippen molar-refractivity contribution >= 4 is 27.3 Å². The minimum absolute atomic E-state index is 0.110. The van der Waals surface area contributed by atoms with Crippen LogP contribution in [-0.4, -0.2) is 18.5 Å². The summed E-state index contributed by atoms with van der Waals surface area (Å²) in [6, 6.07) is 12.7. The third kappa shape index (κ3) is 4.73. The van der Waals surface area contributed by atoms with Gasteiger partial charge in [-0.2, -0.15) is 0 Å². The van der Waals surface area contributed by atoms with E-state index in [-0.39, 0.29) is 6.04 Å². The SMILES string of the molecule is CN(CCC(N)c1ccc(Br)cc1)Cc1cccs1. The first-order chi connectivity index (χ1) is 9.15. The Morgan fingerprint density at radius 2 is 2.00 bits per heavy atom. The Morgan fingerprint density at radius 1 is 1.26 bits per heavy atom. The van der Waals surface area contributed by atoms with Gasteiger partial charge in [-0.3, -0.25) is 0 Å². The number of halogens is 1. The van der Waals surface area contributed by atoms with Gasteiger partial charge in [0.25, 0.3) is 0 Å². The summed E-state index contributed by atoms with van der Waals surface area (Å²) in [5, 5.41) is 2.12. The van der Waals surface area contributed by atoms with Crippen LogP contribution in [0.5, 0.6) is 0 Å². The highest BCUT2D eigenvalue weighted by atomic mass is 79.9. The Balaban J connectivity index is 1.79. The van der Waals surface area contributed by atoms with Gasteiger partial charge in [0.1, 0.15) is 0 Å². The van der Waals surface area contributed by atoms with E-state index >= 15 is 0 Å². The second kappa shape index (κ2) is 7.20. The number of hydrogen-bond acceptors (Lipinski definition) is 3. The number of rotatable bonds is 6. The summed E-state index contributed by atoms with van der Waals surface area (Å²) < 4.78 is 1.10. The van der Waals surface area contributed by atoms with Crippen molar-refractivity contribution in [2.45, 2.75) is 19.0 Å². The molecule has 1 unspecified atom stereocenters. The maximum atomic E-state index is 6.23. The maximum absolute atomic E-state index is 6.23. The molecule has 1 aromatic carbocycles. The van der Waals surface area contributed by atoms with Crippen LogP contribution in [0.25, 0.3) is 0 Å². The first-order valence-corrected chi connectivity index (χ1v) is 8.04. The van der Waals surface area contributed by atoms with Gasteiger partial charge in [0.05, 0.1) is 0 Å². The first-order valence-electron chi connectivity index (χ1n) is 6.37. The number of thiophene rings is 1. The minimum Gasteiger partial charge on any atom is -0.324 e. The molecular weight excluding hydrogens is 320 g/mol. The molecule has 1 heterocycles. The van der Waals surface area contributed by atoms with Gasteiger partial charge < -0.3 is 10.6 Å². The normalized spacial score (nSPS) is 12.8. The largest absolute Gasteiger partial charge is 0.324 e. The van der Waals surface area contributed by atoms with E-state index in [0.29, 0.717) is 0 Å². The number of benzene rings is 1. The van der Waals surface area contributed by atoms with Crippen LogP contribution < -0.4 is 5.73 Å². The quantitative estimate of drug-likeness (QED) is 0.861. The van der Waals surface area contributed by atoms with Crippen LogP contribution in [0.1, 0.15) is 22.9 Å². The van der Waals surface area contributed by atoms with E-state index in [2.05, 4.69) is 57.5 Å². The van der Waals surface area contributed by atoms with Crippen molar-refractivity contribution < 1.29 is 0 Å². The van der Waals surface area contributed by atoms with E-state index in [9.17, 15) is 0 Å². The van der Waals surface area contributed by atoms with Crippen molar-refractivity contribution in [1.82, 2.24) is 4.90 Å². The molecule has 2 rings (SSSR count). The lowest BCUT2D eigenvalue weighted by Gasteiger charge is -2.19. The third-order valence-electron chi connectivity index (χ3n) is 3.13. The fourth-order valence-electron chi connectivity index (χ4n) is 1.98. The highest BCUT2D eigenvalue weighted by Crippen LogP contribution is 2.18. The molecule has 0 bridgehead atoms. The summed E-state index contributed by atoms with van der Waals surface area (Å²) >= 11 is 5.25. The average molecular weight is 339 g/mol. The molecular formula is C15H19BrN2S. The zero-order valence-electron chi connectivity index (χ0n) is 11.1. The van der Waals surface area contributed by atoms with Crippen molar-refractivity contribution in [1.29, 1.82) is 0 Å². The number of hydrogen-bond donors (Lipinski definition) is 1. The Morgan fingerprint density at radius 3 is 2.63 bits per heavy atom. The molecule has 2 aromatic rings. The molecule has 4 heteroatoms. The Kier molecular flexibility index (Phi) is 5.58. The molecule has 0 amide bonds. The fraction of sp³-hybridized carbons (Fsp3) is 0.333. The molecule has 0 saturated heterocycles. The van der Waals surface area contributed by atoms with E-state index in [1.54, 1.807) is 11.3 Å². The predicted octanol–water partition coefficient (Wildman–Crippen LogP) is 4.03. The van der Waals surface area contributed by atoms with Crippen LogP contribution in [0.4, 0.5) is 0 Å². The number of nitrogens with two attached hydrogens (primary N) is 1. The van der Waals surface area contributed by atoms with Gasteiger partial charge >= 0.3 is 0 Å². The average Bonchev–Trinajstić information content (AvgIpc) is 2.89. The summed E-state index contributed by atoms with van der Waals surface area (Å²) in [5.41, 5.74) is 7.43. The van der Waals surface area contributed by atoms with Gasteiger partial charge in [-0.25, -0.2) is 0 Å². The fourth-order valence-corrected chi connectivity index (χ4v) is 3.03. The second-order valence-electron chi connectivity index (χ2n) is 4.76. The molecule has 0 radical (unpaired) electrons. The van der Waals surface area contributed by atoms with E-state index < -0.39 is 0 Å². The minimum atomic E-state index is 0.110. The molecule has 0 aliphatic rings. The Bertz CT molecular complexity index is 481. The van der Waals surface area contributed by atoms with Gasteiger partial charge in [0.15, 0.2) is 0 Å². The van der Waals surface area contributed by atoms with Crippen LogP contribution in [0.2, 0.25) is 0 Å². The van der Waals surface area contributed by atoms with E-state index in [1.165, 1.54) is 10.4 Å². The summed E-state index contributed by atoms with van der Waals surface area (Å²) in [5.74, 6) is 0. The molecule has 102 valence electrons.